The standard InChI is InChI=1S/C10H21N3S/c1-5-11-9(10(14)12-6-2)13(7-3)8-4/h5-8H2,1-4H3,(H,12,14). The zero-order chi connectivity index (χ0) is 11.0. The highest BCUT2D eigenvalue weighted by Gasteiger charge is 2.11. The monoisotopic (exact) mass is 215 g/mol. The lowest BCUT2D eigenvalue weighted by Crippen LogP contribution is -2.42. The van der Waals surface area contributed by atoms with Crippen molar-refractivity contribution in [2.24, 2.45) is 4.99 Å². The number of amidine groups is 1. The Kier molecular flexibility index (Phi) is 7.38. The molecule has 0 fully saturated rings. The van der Waals surface area contributed by atoms with Crippen LogP contribution in [0.4, 0.5) is 0 Å². The maximum Gasteiger partial charge on any atom is 0.158 e. The first kappa shape index (κ1) is 13.4. The Balaban J connectivity index is 4.57. The van der Waals surface area contributed by atoms with Crippen molar-refractivity contribution in [3.63, 3.8) is 0 Å². The van der Waals surface area contributed by atoms with Gasteiger partial charge < -0.3 is 10.2 Å². The fraction of sp³-hybridized carbons (Fsp3) is 0.800. The molecule has 0 atom stereocenters. The van der Waals surface area contributed by atoms with Crippen molar-refractivity contribution in [2.45, 2.75) is 27.7 Å². The molecule has 0 aromatic carbocycles. The summed E-state index contributed by atoms with van der Waals surface area (Å²) in [5.74, 6) is 0.925. The molecule has 82 valence electrons. The summed E-state index contributed by atoms with van der Waals surface area (Å²) in [5, 5.41) is 3.14. The summed E-state index contributed by atoms with van der Waals surface area (Å²) in [5.41, 5.74) is 0. The summed E-state index contributed by atoms with van der Waals surface area (Å²) < 4.78 is 0. The highest BCUT2D eigenvalue weighted by molar-refractivity contribution is 7.82. The third-order valence-electron chi connectivity index (χ3n) is 1.91. The lowest BCUT2D eigenvalue weighted by atomic mass is 10.4. The molecule has 0 spiro atoms. The number of nitrogens with zero attached hydrogens (tertiary/aromatic N) is 2. The number of nitrogens with one attached hydrogen (secondary N) is 1. The molecule has 0 unspecified atom stereocenters. The Morgan fingerprint density at radius 1 is 1.21 bits per heavy atom. The van der Waals surface area contributed by atoms with Gasteiger partial charge >= 0.3 is 0 Å². The van der Waals surface area contributed by atoms with Gasteiger partial charge in [0.05, 0.1) is 0 Å². The second kappa shape index (κ2) is 7.74. The van der Waals surface area contributed by atoms with Crippen LogP contribution >= 0.6 is 12.2 Å². The van der Waals surface area contributed by atoms with E-state index in [1.54, 1.807) is 0 Å². The van der Waals surface area contributed by atoms with Crippen molar-refractivity contribution in [3.05, 3.63) is 0 Å². The minimum absolute atomic E-state index is 0.762. The highest BCUT2D eigenvalue weighted by atomic mass is 32.1. The normalized spacial score (nSPS) is 11.3. The third-order valence-corrected chi connectivity index (χ3v) is 2.24. The second-order valence-corrected chi connectivity index (χ2v) is 3.24. The van der Waals surface area contributed by atoms with Gasteiger partial charge in [0, 0.05) is 26.2 Å². The SMILES string of the molecule is CCN=C(C(=S)NCC)N(CC)CC. The van der Waals surface area contributed by atoms with Crippen LogP contribution in [0.5, 0.6) is 0 Å². The number of aliphatic imine (C=N–C) groups is 1. The third kappa shape index (κ3) is 4.05. The van der Waals surface area contributed by atoms with E-state index < -0.39 is 0 Å². The number of rotatable bonds is 4. The maximum atomic E-state index is 5.27. The minimum Gasteiger partial charge on any atom is -0.374 e. The van der Waals surface area contributed by atoms with Crippen LogP contribution in [0, 0.1) is 0 Å². The van der Waals surface area contributed by atoms with Gasteiger partial charge in [-0.25, -0.2) is 0 Å². The molecule has 0 aliphatic heterocycles. The molecule has 1 N–H and O–H groups in total. The molecule has 3 nitrogen and oxygen atoms in total. The van der Waals surface area contributed by atoms with Gasteiger partial charge in [-0.2, -0.15) is 0 Å². The molecule has 0 saturated carbocycles. The van der Waals surface area contributed by atoms with Crippen molar-refractivity contribution in [1.29, 1.82) is 0 Å². The second-order valence-electron chi connectivity index (χ2n) is 2.83. The molecule has 0 aromatic rings. The molecular formula is C10H21N3S. The summed E-state index contributed by atoms with van der Waals surface area (Å²) >= 11 is 5.27. The first-order chi connectivity index (χ1) is 6.71. The number of likely N-dealkylation sites (N-methyl/N-ethyl adjacent to an activating group) is 2. The van der Waals surface area contributed by atoms with E-state index >= 15 is 0 Å². The van der Waals surface area contributed by atoms with Gasteiger partial charge in [0.2, 0.25) is 0 Å². The average molecular weight is 215 g/mol. The van der Waals surface area contributed by atoms with Gasteiger partial charge in [-0.1, -0.05) is 12.2 Å². The molecule has 0 rings (SSSR count). The van der Waals surface area contributed by atoms with E-state index in [0.29, 0.717) is 0 Å². The Hall–Kier alpha value is -0.640. The predicted molar refractivity (Wildman–Crippen MR) is 67.2 cm³/mol. The Morgan fingerprint density at radius 2 is 1.79 bits per heavy atom. The van der Waals surface area contributed by atoms with Gasteiger partial charge in [-0.15, -0.1) is 0 Å². The van der Waals surface area contributed by atoms with Crippen LogP contribution < -0.4 is 5.32 Å². The van der Waals surface area contributed by atoms with E-state index in [1.165, 1.54) is 0 Å². The number of hydrogen-bond acceptors (Lipinski definition) is 2. The van der Waals surface area contributed by atoms with Gasteiger partial charge in [-0.05, 0) is 27.7 Å². The van der Waals surface area contributed by atoms with E-state index in [1.807, 2.05) is 13.8 Å². The summed E-state index contributed by atoms with van der Waals surface area (Å²) in [6.45, 7) is 11.8. The Morgan fingerprint density at radius 3 is 2.14 bits per heavy atom. The molecule has 0 bridgehead atoms. The van der Waals surface area contributed by atoms with Crippen molar-refractivity contribution in [1.82, 2.24) is 10.2 Å². The van der Waals surface area contributed by atoms with Crippen molar-refractivity contribution >= 4 is 23.0 Å². The van der Waals surface area contributed by atoms with Gasteiger partial charge in [0.25, 0.3) is 0 Å². The minimum atomic E-state index is 0.762. The lowest BCUT2D eigenvalue weighted by Gasteiger charge is -2.23. The molecule has 0 aliphatic rings. The van der Waals surface area contributed by atoms with E-state index in [9.17, 15) is 0 Å². The Bertz CT molecular complexity index is 198. The van der Waals surface area contributed by atoms with Gasteiger partial charge in [0.1, 0.15) is 4.99 Å². The van der Waals surface area contributed by atoms with Crippen LogP contribution in [0.3, 0.4) is 0 Å². The fourth-order valence-corrected chi connectivity index (χ4v) is 1.57. The van der Waals surface area contributed by atoms with Gasteiger partial charge in [0.15, 0.2) is 5.84 Å². The van der Waals surface area contributed by atoms with E-state index in [0.717, 1.165) is 37.0 Å². The molecule has 0 amide bonds. The van der Waals surface area contributed by atoms with Crippen molar-refractivity contribution < 1.29 is 0 Å². The molecule has 0 saturated heterocycles. The molecule has 0 aliphatic carbocycles. The van der Waals surface area contributed by atoms with Crippen molar-refractivity contribution in [3.8, 4) is 0 Å². The van der Waals surface area contributed by atoms with Crippen LogP contribution in [0.25, 0.3) is 0 Å². The Labute approximate surface area is 92.6 Å². The fourth-order valence-electron chi connectivity index (χ4n) is 1.23. The number of thiocarbonyl (C=S) groups is 1. The van der Waals surface area contributed by atoms with E-state index in [-0.39, 0.29) is 0 Å². The molecular weight excluding hydrogens is 194 g/mol. The van der Waals surface area contributed by atoms with Gasteiger partial charge in [-0.3, -0.25) is 4.99 Å². The summed E-state index contributed by atoms with van der Waals surface area (Å²) in [6.07, 6.45) is 0. The summed E-state index contributed by atoms with van der Waals surface area (Å²) in [7, 11) is 0. The molecule has 0 radical (unpaired) electrons. The van der Waals surface area contributed by atoms with E-state index in [4.69, 9.17) is 12.2 Å². The summed E-state index contributed by atoms with van der Waals surface area (Å²) in [4.78, 5) is 7.36. The quantitative estimate of drug-likeness (QED) is 0.439. The molecule has 0 aromatic heterocycles. The average Bonchev–Trinajstić information content (AvgIpc) is 2.18. The molecule has 4 heteroatoms. The van der Waals surface area contributed by atoms with Crippen LogP contribution in [-0.2, 0) is 0 Å². The highest BCUT2D eigenvalue weighted by Crippen LogP contribution is 1.94. The molecule has 14 heavy (non-hydrogen) atoms. The largest absolute Gasteiger partial charge is 0.374 e. The number of hydrogen-bond donors (Lipinski definition) is 1. The zero-order valence-corrected chi connectivity index (χ0v) is 10.4. The topological polar surface area (TPSA) is 27.6 Å². The van der Waals surface area contributed by atoms with Crippen LogP contribution in [-0.4, -0.2) is 41.9 Å². The van der Waals surface area contributed by atoms with E-state index in [2.05, 4.69) is 29.1 Å². The summed E-state index contributed by atoms with van der Waals surface area (Å²) in [6, 6.07) is 0. The molecule has 0 heterocycles. The predicted octanol–water partition coefficient (Wildman–Crippen LogP) is 1.68. The first-order valence-electron chi connectivity index (χ1n) is 5.28. The zero-order valence-electron chi connectivity index (χ0n) is 9.63. The van der Waals surface area contributed by atoms with Crippen LogP contribution in [0.2, 0.25) is 0 Å². The van der Waals surface area contributed by atoms with Crippen LogP contribution in [0.1, 0.15) is 27.7 Å². The van der Waals surface area contributed by atoms with Crippen molar-refractivity contribution in [2.75, 3.05) is 26.2 Å². The maximum absolute atomic E-state index is 5.27. The van der Waals surface area contributed by atoms with Crippen LogP contribution in [0.15, 0.2) is 4.99 Å². The lowest BCUT2D eigenvalue weighted by molar-refractivity contribution is 0.469. The smallest absolute Gasteiger partial charge is 0.158 e. The first-order valence-corrected chi connectivity index (χ1v) is 5.69.